The molecule has 0 bridgehead atoms. The molecule has 2 rings (SSSR count). The Morgan fingerprint density at radius 3 is 2.35 bits per heavy atom. The van der Waals surface area contributed by atoms with Crippen molar-refractivity contribution in [1.29, 1.82) is 0 Å². The minimum atomic E-state index is -0.892. The molecule has 2 aromatic rings. The zero-order valence-corrected chi connectivity index (χ0v) is 8.17. The first kappa shape index (κ1) is 10.6. The molecule has 0 atom stereocenters. The van der Waals surface area contributed by atoms with Gasteiger partial charge in [0.25, 0.3) is 0 Å². The molecule has 0 aliphatic rings. The van der Waals surface area contributed by atoms with Gasteiger partial charge < -0.3 is 15.3 Å². The van der Waals surface area contributed by atoms with Gasteiger partial charge in [-0.05, 0) is 22.1 Å². The lowest BCUT2D eigenvalue weighted by Crippen LogP contribution is -1.94. The summed E-state index contributed by atoms with van der Waals surface area (Å²) in [6, 6.07) is 0. The van der Waals surface area contributed by atoms with E-state index in [1.54, 1.807) is 0 Å². The van der Waals surface area contributed by atoms with Crippen LogP contribution in [0.4, 0.5) is 17.5 Å². The van der Waals surface area contributed by atoms with E-state index < -0.39 is 16.6 Å². The van der Waals surface area contributed by atoms with Crippen LogP contribution in [0, 0.1) is 22.2 Å². The van der Waals surface area contributed by atoms with Gasteiger partial charge in [0, 0.05) is 5.16 Å². The van der Waals surface area contributed by atoms with Gasteiger partial charge in [0.15, 0.2) is 16.0 Å². The van der Waals surface area contributed by atoms with Crippen molar-refractivity contribution in [3.63, 3.8) is 0 Å². The van der Waals surface area contributed by atoms with Gasteiger partial charge in [-0.3, -0.25) is 0 Å². The van der Waals surface area contributed by atoms with Gasteiger partial charge in [-0.2, -0.15) is 0 Å². The number of hydrogen-bond donors (Lipinski definition) is 0. The zero-order valence-electron chi connectivity index (χ0n) is 8.17. The van der Waals surface area contributed by atoms with E-state index >= 15 is 0 Å². The summed E-state index contributed by atoms with van der Waals surface area (Å²) in [5.41, 5.74) is 0.169. The van der Waals surface area contributed by atoms with Crippen molar-refractivity contribution in [3.05, 3.63) is 21.0 Å². The van der Waals surface area contributed by atoms with Crippen molar-refractivity contribution >= 4 is 17.5 Å². The van der Waals surface area contributed by atoms with Crippen LogP contribution >= 0.6 is 0 Å². The minimum absolute atomic E-state index is 0.0294. The van der Waals surface area contributed by atoms with Crippen LogP contribution in [-0.4, -0.2) is 30.4 Å². The summed E-state index contributed by atoms with van der Waals surface area (Å²) in [5.74, 6) is -1.60. The summed E-state index contributed by atoms with van der Waals surface area (Å²) in [5, 5.41) is 37.8. The van der Waals surface area contributed by atoms with Gasteiger partial charge in [0.05, 0.1) is 0 Å². The molecule has 88 valence electrons. The average Bonchev–Trinajstić information content (AvgIpc) is 2.86. The Balaban J connectivity index is 2.40. The Morgan fingerprint density at radius 1 is 1.12 bits per heavy atom. The molecular weight excluding hydrogens is 238 g/mol. The van der Waals surface area contributed by atoms with E-state index in [0.717, 1.165) is 0 Å². The predicted molar refractivity (Wildman–Crippen MR) is 45.4 cm³/mol. The first-order valence-corrected chi connectivity index (χ1v) is 4.04. The molecule has 0 saturated heterocycles. The summed E-state index contributed by atoms with van der Waals surface area (Å²) in [6.45, 7) is 1.45. The molecule has 0 aliphatic heterocycles. The molecule has 0 amide bonds. The highest BCUT2D eigenvalue weighted by Gasteiger charge is 2.25. The molecule has 2 heterocycles. The molecule has 0 aromatic carbocycles. The fourth-order valence-corrected chi connectivity index (χ4v) is 0.891. The summed E-state index contributed by atoms with van der Waals surface area (Å²) in [4.78, 5) is 9.51. The maximum atomic E-state index is 11.4. The summed E-state index contributed by atoms with van der Waals surface area (Å²) >= 11 is 0. The number of rotatable bonds is 3. The largest absolute Gasteiger partial charge is 0.690 e. The van der Waals surface area contributed by atoms with Gasteiger partial charge in [-0.15, -0.1) is 14.1 Å². The second-order valence-corrected chi connectivity index (χ2v) is 2.71. The molecule has 0 unspecified atom stereocenters. The number of azo groups is 1. The molecule has 0 fully saturated rings. The predicted octanol–water partition coefficient (Wildman–Crippen LogP) is 0.595. The van der Waals surface area contributed by atoms with Gasteiger partial charge in [-0.1, -0.05) is 0 Å². The van der Waals surface area contributed by atoms with Crippen LogP contribution in [0.1, 0.15) is 5.69 Å². The topological polar surface area (TPSA) is 159 Å². The van der Waals surface area contributed by atoms with E-state index in [0.29, 0.717) is 0 Å². The van der Waals surface area contributed by atoms with Gasteiger partial charge in [-0.25, -0.2) is 0 Å². The number of hydrogen-bond acceptors (Lipinski definition) is 10. The fourth-order valence-electron chi connectivity index (χ4n) is 0.891. The van der Waals surface area contributed by atoms with E-state index in [4.69, 9.17) is 0 Å². The van der Waals surface area contributed by atoms with E-state index in [-0.39, 0.29) is 16.4 Å². The van der Waals surface area contributed by atoms with Crippen LogP contribution in [0.25, 0.3) is 0 Å². The molecule has 2 aromatic heterocycles. The number of nitro groups is 1. The first-order chi connectivity index (χ1) is 8.09. The molecule has 0 aliphatic carbocycles. The molecule has 0 spiro atoms. The van der Waals surface area contributed by atoms with E-state index in [1.807, 2.05) is 0 Å². The highest BCUT2D eigenvalue weighted by molar-refractivity contribution is 5.41. The fraction of sp³-hybridized carbons (Fsp3) is 0.200. The maximum absolute atomic E-state index is 11.4. The van der Waals surface area contributed by atoms with Crippen molar-refractivity contribution in [3.8, 4) is 0 Å². The van der Waals surface area contributed by atoms with Crippen LogP contribution in [0.2, 0.25) is 0 Å². The molecule has 12 nitrogen and oxygen atoms in total. The lowest BCUT2D eigenvalue weighted by molar-refractivity contribution is -0.443. The van der Waals surface area contributed by atoms with Gasteiger partial charge in [0.1, 0.15) is 0 Å². The van der Waals surface area contributed by atoms with Crippen LogP contribution < -0.4 is 0 Å². The third kappa shape index (κ3) is 1.90. The van der Waals surface area contributed by atoms with E-state index in [1.165, 1.54) is 6.92 Å². The van der Waals surface area contributed by atoms with Crippen LogP contribution in [0.3, 0.4) is 0 Å². The number of aryl methyl sites for hydroxylation is 1. The lowest BCUT2D eigenvalue weighted by Gasteiger charge is -1.96. The first-order valence-electron chi connectivity index (χ1n) is 4.04. The Kier molecular flexibility index (Phi) is 2.44. The molecule has 0 saturated carbocycles. The van der Waals surface area contributed by atoms with Crippen molar-refractivity contribution < 1.29 is 19.0 Å². The van der Waals surface area contributed by atoms with E-state index in [9.17, 15) is 15.3 Å². The normalized spacial score (nSPS) is 11.7. The minimum Gasteiger partial charge on any atom is -0.690 e. The van der Waals surface area contributed by atoms with Gasteiger partial charge >= 0.3 is 17.5 Å². The third-order valence-electron chi connectivity index (χ3n) is 1.62. The second-order valence-electron chi connectivity index (χ2n) is 2.71. The average molecular weight is 241 g/mol. The molecule has 0 radical (unpaired) electrons. The highest BCUT2D eigenvalue weighted by atomic mass is 16.6. The van der Waals surface area contributed by atoms with Crippen molar-refractivity contribution in [2.45, 2.75) is 6.92 Å². The molecule has 17 heavy (non-hydrogen) atoms. The Bertz CT molecular complexity index is 585. The highest BCUT2D eigenvalue weighted by Crippen LogP contribution is 2.23. The maximum Gasteiger partial charge on any atom is 0.465 e. The zero-order chi connectivity index (χ0) is 12.4. The number of aromatic nitrogens is 4. The smallest absolute Gasteiger partial charge is 0.465 e. The Hall–Kier alpha value is -2.92. The lowest BCUT2D eigenvalue weighted by atomic mass is 10.5. The Morgan fingerprint density at radius 2 is 1.76 bits per heavy atom. The molecule has 12 heteroatoms. The van der Waals surface area contributed by atoms with Gasteiger partial charge in [0.2, 0.25) is 0 Å². The quantitative estimate of drug-likeness (QED) is 0.324. The monoisotopic (exact) mass is 241 g/mol. The Labute approximate surface area is 91.2 Å². The summed E-state index contributed by atoms with van der Waals surface area (Å²) < 4.78 is 8.36. The third-order valence-corrected chi connectivity index (χ3v) is 1.62. The van der Waals surface area contributed by atoms with Crippen molar-refractivity contribution in [1.82, 2.24) is 20.6 Å². The molecular formula is C5H3N7O5. The van der Waals surface area contributed by atoms with Crippen LogP contribution in [0.5, 0.6) is 0 Å². The van der Waals surface area contributed by atoms with Crippen molar-refractivity contribution in [2.24, 2.45) is 5.11 Å². The van der Waals surface area contributed by atoms with Crippen LogP contribution in [-0.2, 0) is 0 Å². The standard InChI is InChI=1S/C5H3N7O5/c1-2-4(9-16-7-2)11(13)6-3-5(12(14)15)10-17-8-3/h1H3. The number of nitrogens with zero attached hydrogens (tertiary/aromatic N) is 7. The molecule has 0 N–H and O–H groups in total. The second kappa shape index (κ2) is 3.92. The van der Waals surface area contributed by atoms with E-state index in [2.05, 4.69) is 35.0 Å². The SMILES string of the molecule is Cc1nonc1[N+]([O-])=Nc1nonc1[N+](=O)[O-]. The van der Waals surface area contributed by atoms with Crippen molar-refractivity contribution in [2.75, 3.05) is 0 Å². The van der Waals surface area contributed by atoms with Crippen LogP contribution in [0.15, 0.2) is 14.4 Å². The summed E-state index contributed by atoms with van der Waals surface area (Å²) in [7, 11) is 0. The summed E-state index contributed by atoms with van der Waals surface area (Å²) in [6.07, 6.45) is 0.